The van der Waals surface area contributed by atoms with Crippen molar-refractivity contribution in [3.8, 4) is 0 Å². The molecule has 5 nitrogen and oxygen atoms in total. The van der Waals surface area contributed by atoms with Crippen LogP contribution in [0.5, 0.6) is 0 Å². The zero-order valence-electron chi connectivity index (χ0n) is 10.8. The minimum absolute atomic E-state index is 0.0161. The zero-order chi connectivity index (χ0) is 13.1. The number of morpholine rings is 1. The summed E-state index contributed by atoms with van der Waals surface area (Å²) < 4.78 is 28.9. The van der Waals surface area contributed by atoms with E-state index in [0.29, 0.717) is 13.1 Å². The van der Waals surface area contributed by atoms with E-state index in [-0.39, 0.29) is 29.8 Å². The molecule has 0 radical (unpaired) electrons. The van der Waals surface area contributed by atoms with E-state index < -0.39 is 9.84 Å². The van der Waals surface area contributed by atoms with Crippen molar-refractivity contribution in [3.05, 3.63) is 0 Å². The van der Waals surface area contributed by atoms with Gasteiger partial charge in [0.05, 0.1) is 29.8 Å². The Kier molecular flexibility index (Phi) is 5.37. The second kappa shape index (κ2) is 6.13. The van der Waals surface area contributed by atoms with Crippen LogP contribution in [0.4, 0.5) is 0 Å². The molecule has 0 bridgehead atoms. The van der Waals surface area contributed by atoms with Crippen molar-refractivity contribution in [1.82, 2.24) is 4.90 Å². The Hall–Kier alpha value is -0.170. The van der Waals surface area contributed by atoms with Gasteiger partial charge in [0.1, 0.15) is 0 Å². The molecule has 102 valence electrons. The van der Waals surface area contributed by atoms with E-state index in [1.54, 1.807) is 13.8 Å². The molecule has 2 unspecified atom stereocenters. The van der Waals surface area contributed by atoms with Gasteiger partial charge in [-0.15, -0.1) is 0 Å². The van der Waals surface area contributed by atoms with Crippen LogP contribution in [-0.2, 0) is 14.6 Å². The lowest BCUT2D eigenvalue weighted by Crippen LogP contribution is -2.49. The van der Waals surface area contributed by atoms with Crippen LogP contribution >= 0.6 is 0 Å². The summed E-state index contributed by atoms with van der Waals surface area (Å²) in [4.78, 5) is 2.05. The number of aliphatic hydroxyl groups excluding tert-OH is 1. The Labute approximate surface area is 104 Å². The first kappa shape index (κ1) is 14.9. The second-order valence-electron chi connectivity index (χ2n) is 4.93. The first-order chi connectivity index (χ1) is 7.85. The van der Waals surface area contributed by atoms with Crippen LogP contribution in [0.2, 0.25) is 0 Å². The Morgan fingerprint density at radius 1 is 1.41 bits per heavy atom. The third-order valence-electron chi connectivity index (χ3n) is 3.02. The number of hydrogen-bond acceptors (Lipinski definition) is 5. The largest absolute Gasteiger partial charge is 0.394 e. The summed E-state index contributed by atoms with van der Waals surface area (Å²) in [7, 11) is -2.98. The molecule has 1 aliphatic heterocycles. The van der Waals surface area contributed by atoms with Crippen LogP contribution in [0.1, 0.15) is 20.8 Å². The van der Waals surface area contributed by atoms with E-state index >= 15 is 0 Å². The maximum atomic E-state index is 11.7. The van der Waals surface area contributed by atoms with Crippen molar-refractivity contribution < 1.29 is 18.3 Å². The molecule has 17 heavy (non-hydrogen) atoms. The van der Waals surface area contributed by atoms with Gasteiger partial charge in [0, 0.05) is 19.6 Å². The summed E-state index contributed by atoms with van der Waals surface area (Å²) in [5.74, 6) is 0.176. The van der Waals surface area contributed by atoms with Crippen molar-refractivity contribution in [2.24, 2.45) is 0 Å². The summed E-state index contributed by atoms with van der Waals surface area (Å²) in [5.41, 5.74) is 0. The molecule has 0 spiro atoms. The molecule has 1 aliphatic rings. The molecule has 0 aromatic carbocycles. The summed E-state index contributed by atoms with van der Waals surface area (Å²) in [6, 6.07) is 0. The first-order valence-corrected chi connectivity index (χ1v) is 7.77. The molecular formula is C11H23NO4S. The minimum atomic E-state index is -2.98. The number of hydrogen-bond donors (Lipinski definition) is 1. The van der Waals surface area contributed by atoms with Crippen LogP contribution in [0.15, 0.2) is 0 Å². The van der Waals surface area contributed by atoms with Gasteiger partial charge in [0.25, 0.3) is 0 Å². The normalized spacial score (nSPS) is 27.6. The smallest absolute Gasteiger partial charge is 0.153 e. The van der Waals surface area contributed by atoms with Crippen LogP contribution in [0.25, 0.3) is 0 Å². The molecule has 1 heterocycles. The number of rotatable bonds is 5. The van der Waals surface area contributed by atoms with Gasteiger partial charge in [0.2, 0.25) is 0 Å². The highest BCUT2D eigenvalue weighted by Crippen LogP contribution is 2.11. The maximum absolute atomic E-state index is 11.7. The minimum Gasteiger partial charge on any atom is -0.394 e. The fourth-order valence-corrected chi connectivity index (χ4v) is 2.90. The number of aliphatic hydroxyl groups is 1. The molecule has 0 saturated carbocycles. The zero-order valence-corrected chi connectivity index (χ0v) is 11.6. The molecule has 6 heteroatoms. The highest BCUT2D eigenvalue weighted by Gasteiger charge is 2.26. The number of nitrogens with zero attached hydrogens (tertiary/aromatic N) is 1. The summed E-state index contributed by atoms with van der Waals surface area (Å²) in [5, 5.41) is 8.75. The molecule has 1 rings (SSSR count). The third-order valence-corrected chi connectivity index (χ3v) is 5.20. The molecular weight excluding hydrogens is 242 g/mol. The average Bonchev–Trinajstić information content (AvgIpc) is 2.25. The lowest BCUT2D eigenvalue weighted by atomic mass is 10.2. The first-order valence-electron chi connectivity index (χ1n) is 6.05. The van der Waals surface area contributed by atoms with Gasteiger partial charge in [-0.2, -0.15) is 0 Å². The Balaban J connectivity index is 2.46. The second-order valence-corrected chi connectivity index (χ2v) is 7.60. The molecule has 1 N–H and O–H groups in total. The standard InChI is InChI=1S/C11H23NO4S/c1-9(2)17(14,15)5-4-12-6-10(3)16-11(7-12)8-13/h9-11,13H,4-8H2,1-3H3. The van der Waals surface area contributed by atoms with Gasteiger partial charge in [-0.1, -0.05) is 0 Å². The molecule has 2 atom stereocenters. The highest BCUT2D eigenvalue weighted by molar-refractivity contribution is 7.92. The van der Waals surface area contributed by atoms with E-state index in [2.05, 4.69) is 4.90 Å². The maximum Gasteiger partial charge on any atom is 0.153 e. The quantitative estimate of drug-likeness (QED) is 0.751. The van der Waals surface area contributed by atoms with Crippen molar-refractivity contribution in [2.45, 2.75) is 38.2 Å². The van der Waals surface area contributed by atoms with Gasteiger partial charge in [0.15, 0.2) is 9.84 Å². The molecule has 0 aromatic heterocycles. The van der Waals surface area contributed by atoms with Crippen LogP contribution < -0.4 is 0 Å². The SMILES string of the molecule is CC1CN(CCS(=O)(=O)C(C)C)CC(CO)O1. The van der Waals surface area contributed by atoms with Gasteiger partial charge < -0.3 is 9.84 Å². The molecule has 0 aliphatic carbocycles. The number of ether oxygens (including phenoxy) is 1. The van der Waals surface area contributed by atoms with Gasteiger partial charge in [-0.25, -0.2) is 8.42 Å². The Morgan fingerprint density at radius 2 is 2.06 bits per heavy atom. The van der Waals surface area contributed by atoms with E-state index in [1.807, 2.05) is 6.92 Å². The monoisotopic (exact) mass is 265 g/mol. The summed E-state index contributed by atoms with van der Waals surface area (Å²) in [6.07, 6.45) is -0.150. The van der Waals surface area contributed by atoms with Crippen molar-refractivity contribution in [2.75, 3.05) is 32.0 Å². The van der Waals surface area contributed by atoms with Gasteiger partial charge >= 0.3 is 0 Å². The van der Waals surface area contributed by atoms with E-state index in [9.17, 15) is 8.42 Å². The predicted molar refractivity (Wildman–Crippen MR) is 66.8 cm³/mol. The highest BCUT2D eigenvalue weighted by atomic mass is 32.2. The fraction of sp³-hybridized carbons (Fsp3) is 1.00. The van der Waals surface area contributed by atoms with E-state index in [4.69, 9.17) is 9.84 Å². The lowest BCUT2D eigenvalue weighted by molar-refractivity contribution is -0.0936. The fourth-order valence-electron chi connectivity index (χ4n) is 1.92. The van der Waals surface area contributed by atoms with Gasteiger partial charge in [-0.05, 0) is 20.8 Å². The Morgan fingerprint density at radius 3 is 2.59 bits per heavy atom. The molecule has 0 amide bonds. The predicted octanol–water partition coefficient (Wildman–Crippen LogP) is -0.109. The van der Waals surface area contributed by atoms with Crippen LogP contribution in [0.3, 0.4) is 0 Å². The molecule has 1 saturated heterocycles. The lowest BCUT2D eigenvalue weighted by Gasteiger charge is -2.36. The molecule has 1 fully saturated rings. The van der Waals surface area contributed by atoms with Gasteiger partial charge in [-0.3, -0.25) is 4.90 Å². The third kappa shape index (κ3) is 4.54. The topological polar surface area (TPSA) is 66.8 Å². The summed E-state index contributed by atoms with van der Waals surface area (Å²) >= 11 is 0. The van der Waals surface area contributed by atoms with Crippen LogP contribution in [0, 0.1) is 0 Å². The molecule has 0 aromatic rings. The summed E-state index contributed by atoms with van der Waals surface area (Å²) in [6.45, 7) is 7.18. The Bertz CT molecular complexity index is 328. The van der Waals surface area contributed by atoms with Crippen molar-refractivity contribution in [1.29, 1.82) is 0 Å². The average molecular weight is 265 g/mol. The van der Waals surface area contributed by atoms with Crippen LogP contribution in [-0.4, -0.2) is 67.9 Å². The van der Waals surface area contributed by atoms with E-state index in [0.717, 1.165) is 6.54 Å². The van der Waals surface area contributed by atoms with Crippen molar-refractivity contribution in [3.63, 3.8) is 0 Å². The van der Waals surface area contributed by atoms with Crippen molar-refractivity contribution >= 4 is 9.84 Å². The number of sulfone groups is 1. The van der Waals surface area contributed by atoms with E-state index in [1.165, 1.54) is 0 Å².